The highest BCUT2D eigenvalue weighted by Crippen LogP contribution is 2.36. The molecule has 0 amide bonds. The minimum atomic E-state index is 0.0367. The average Bonchev–Trinajstić information content (AvgIpc) is 2.36. The van der Waals surface area contributed by atoms with Gasteiger partial charge in [-0.15, -0.1) is 0 Å². The van der Waals surface area contributed by atoms with Crippen molar-refractivity contribution in [3.63, 3.8) is 0 Å². The Balaban J connectivity index is 2.74. The van der Waals surface area contributed by atoms with Gasteiger partial charge in [0.05, 0.1) is 14.2 Å². The molecule has 1 unspecified atom stereocenters. The summed E-state index contributed by atoms with van der Waals surface area (Å²) < 4.78 is 16.2. The first-order valence-corrected chi connectivity index (χ1v) is 5.82. The lowest BCUT2D eigenvalue weighted by Gasteiger charge is -2.16. The van der Waals surface area contributed by atoms with E-state index in [-0.39, 0.29) is 6.04 Å². The molecule has 17 heavy (non-hydrogen) atoms. The van der Waals surface area contributed by atoms with Crippen molar-refractivity contribution in [1.82, 2.24) is 0 Å². The second kappa shape index (κ2) is 7.01. The molecule has 0 fully saturated rings. The first kappa shape index (κ1) is 13.6. The second-order valence-electron chi connectivity index (χ2n) is 3.85. The van der Waals surface area contributed by atoms with E-state index in [2.05, 4.69) is 6.92 Å². The summed E-state index contributed by atoms with van der Waals surface area (Å²) in [6, 6.07) is 5.57. The van der Waals surface area contributed by atoms with Gasteiger partial charge in [-0.25, -0.2) is 0 Å². The number of benzene rings is 1. The van der Waals surface area contributed by atoms with Crippen molar-refractivity contribution in [2.75, 3.05) is 20.8 Å². The van der Waals surface area contributed by atoms with Crippen LogP contribution in [0.5, 0.6) is 17.2 Å². The third-order valence-corrected chi connectivity index (χ3v) is 2.48. The standard InChI is InChI=1S/C13H21NO3/c1-4-6-10(14)9-17-13-11(15-2)7-5-8-12(13)16-3/h5,7-8,10H,4,6,9,14H2,1-3H3. The summed E-state index contributed by atoms with van der Waals surface area (Å²) in [6.45, 7) is 2.56. The molecule has 0 radical (unpaired) electrons. The van der Waals surface area contributed by atoms with E-state index in [1.165, 1.54) is 0 Å². The summed E-state index contributed by atoms with van der Waals surface area (Å²) in [7, 11) is 3.21. The smallest absolute Gasteiger partial charge is 0.203 e. The molecule has 0 spiro atoms. The molecule has 1 rings (SSSR count). The zero-order chi connectivity index (χ0) is 12.7. The number of methoxy groups -OCH3 is 2. The molecule has 4 heteroatoms. The van der Waals surface area contributed by atoms with Crippen molar-refractivity contribution in [1.29, 1.82) is 0 Å². The quantitative estimate of drug-likeness (QED) is 0.792. The molecule has 1 aromatic carbocycles. The van der Waals surface area contributed by atoms with Crippen LogP contribution in [0.4, 0.5) is 0 Å². The Kier molecular flexibility index (Phi) is 5.63. The van der Waals surface area contributed by atoms with E-state index < -0.39 is 0 Å². The van der Waals surface area contributed by atoms with E-state index in [0.717, 1.165) is 12.8 Å². The Labute approximate surface area is 103 Å². The summed E-state index contributed by atoms with van der Waals surface area (Å²) >= 11 is 0. The second-order valence-corrected chi connectivity index (χ2v) is 3.85. The number of para-hydroxylation sites is 1. The molecule has 0 aliphatic carbocycles. The van der Waals surface area contributed by atoms with Gasteiger partial charge >= 0.3 is 0 Å². The van der Waals surface area contributed by atoms with Crippen LogP contribution in [0, 0.1) is 0 Å². The molecule has 4 nitrogen and oxygen atoms in total. The number of hydrogen-bond acceptors (Lipinski definition) is 4. The van der Waals surface area contributed by atoms with Crippen molar-refractivity contribution in [3.8, 4) is 17.2 Å². The Morgan fingerprint density at radius 1 is 1.18 bits per heavy atom. The molecule has 0 aliphatic heterocycles. The molecule has 0 aliphatic rings. The van der Waals surface area contributed by atoms with E-state index in [9.17, 15) is 0 Å². The topological polar surface area (TPSA) is 53.7 Å². The van der Waals surface area contributed by atoms with E-state index >= 15 is 0 Å². The fourth-order valence-corrected chi connectivity index (χ4v) is 1.60. The van der Waals surface area contributed by atoms with Crippen LogP contribution in [0.15, 0.2) is 18.2 Å². The maximum atomic E-state index is 5.91. The van der Waals surface area contributed by atoms with Gasteiger partial charge in [-0.3, -0.25) is 0 Å². The Hall–Kier alpha value is -1.42. The van der Waals surface area contributed by atoms with Crippen LogP contribution in [-0.4, -0.2) is 26.9 Å². The molecule has 0 saturated carbocycles. The maximum Gasteiger partial charge on any atom is 0.203 e. The van der Waals surface area contributed by atoms with Crippen LogP contribution in [0.3, 0.4) is 0 Å². The molecule has 1 aromatic rings. The number of nitrogens with two attached hydrogens (primary N) is 1. The highest BCUT2D eigenvalue weighted by Gasteiger charge is 2.12. The Morgan fingerprint density at radius 2 is 1.76 bits per heavy atom. The van der Waals surface area contributed by atoms with Crippen LogP contribution < -0.4 is 19.9 Å². The minimum Gasteiger partial charge on any atom is -0.493 e. The molecular formula is C13H21NO3. The largest absolute Gasteiger partial charge is 0.493 e. The van der Waals surface area contributed by atoms with Gasteiger partial charge in [-0.1, -0.05) is 19.4 Å². The summed E-state index contributed by atoms with van der Waals surface area (Å²) in [5.41, 5.74) is 5.91. The van der Waals surface area contributed by atoms with Gasteiger partial charge in [-0.05, 0) is 18.6 Å². The van der Waals surface area contributed by atoms with Gasteiger partial charge < -0.3 is 19.9 Å². The zero-order valence-corrected chi connectivity index (χ0v) is 10.7. The SMILES string of the molecule is CCCC(N)COc1c(OC)cccc1OC. The first-order chi connectivity index (χ1) is 8.22. The lowest BCUT2D eigenvalue weighted by atomic mass is 10.2. The fraction of sp³-hybridized carbons (Fsp3) is 0.538. The van der Waals surface area contributed by atoms with Crippen molar-refractivity contribution in [2.45, 2.75) is 25.8 Å². The predicted octanol–water partition coefficient (Wildman–Crippen LogP) is 2.21. The van der Waals surface area contributed by atoms with Crippen molar-refractivity contribution >= 4 is 0 Å². The molecule has 1 atom stereocenters. The number of hydrogen-bond donors (Lipinski definition) is 1. The normalized spacial score (nSPS) is 12.0. The van der Waals surface area contributed by atoms with Gasteiger partial charge in [0, 0.05) is 6.04 Å². The van der Waals surface area contributed by atoms with Gasteiger partial charge in [-0.2, -0.15) is 0 Å². The zero-order valence-electron chi connectivity index (χ0n) is 10.7. The summed E-state index contributed by atoms with van der Waals surface area (Å²) in [5.74, 6) is 1.94. The van der Waals surface area contributed by atoms with E-state index in [0.29, 0.717) is 23.9 Å². The van der Waals surface area contributed by atoms with Gasteiger partial charge in [0.25, 0.3) is 0 Å². The summed E-state index contributed by atoms with van der Waals surface area (Å²) in [6.07, 6.45) is 1.99. The third kappa shape index (κ3) is 3.82. The van der Waals surface area contributed by atoms with Crippen molar-refractivity contribution in [2.24, 2.45) is 5.73 Å². The van der Waals surface area contributed by atoms with E-state index in [4.69, 9.17) is 19.9 Å². The highest BCUT2D eigenvalue weighted by molar-refractivity contribution is 5.51. The van der Waals surface area contributed by atoms with Crippen molar-refractivity contribution < 1.29 is 14.2 Å². The van der Waals surface area contributed by atoms with Gasteiger partial charge in [0.15, 0.2) is 11.5 Å². The van der Waals surface area contributed by atoms with Gasteiger partial charge in [0.2, 0.25) is 5.75 Å². The number of rotatable bonds is 7. The predicted molar refractivity (Wildman–Crippen MR) is 67.9 cm³/mol. The summed E-state index contributed by atoms with van der Waals surface area (Å²) in [4.78, 5) is 0. The van der Waals surface area contributed by atoms with Crippen LogP contribution in [-0.2, 0) is 0 Å². The van der Waals surface area contributed by atoms with Gasteiger partial charge in [0.1, 0.15) is 6.61 Å². The lowest BCUT2D eigenvalue weighted by molar-refractivity contribution is 0.252. The van der Waals surface area contributed by atoms with Crippen LogP contribution >= 0.6 is 0 Å². The fourth-order valence-electron chi connectivity index (χ4n) is 1.60. The molecule has 0 saturated heterocycles. The highest BCUT2D eigenvalue weighted by atomic mass is 16.5. The Morgan fingerprint density at radius 3 is 2.24 bits per heavy atom. The Bertz CT molecular complexity index is 319. The molecule has 0 heterocycles. The lowest BCUT2D eigenvalue weighted by Crippen LogP contribution is -2.27. The molecule has 96 valence electrons. The summed E-state index contributed by atoms with van der Waals surface area (Å²) in [5, 5.41) is 0. The monoisotopic (exact) mass is 239 g/mol. The van der Waals surface area contributed by atoms with Crippen molar-refractivity contribution in [3.05, 3.63) is 18.2 Å². The molecular weight excluding hydrogens is 218 g/mol. The molecule has 0 bridgehead atoms. The van der Waals surface area contributed by atoms with Crippen LogP contribution in [0.2, 0.25) is 0 Å². The van der Waals surface area contributed by atoms with E-state index in [1.807, 2.05) is 18.2 Å². The first-order valence-electron chi connectivity index (χ1n) is 5.82. The third-order valence-electron chi connectivity index (χ3n) is 2.48. The molecule has 0 aromatic heterocycles. The maximum absolute atomic E-state index is 5.91. The minimum absolute atomic E-state index is 0.0367. The molecule has 2 N–H and O–H groups in total. The van der Waals surface area contributed by atoms with Crippen LogP contribution in [0.1, 0.15) is 19.8 Å². The van der Waals surface area contributed by atoms with Crippen LogP contribution in [0.25, 0.3) is 0 Å². The van der Waals surface area contributed by atoms with E-state index in [1.54, 1.807) is 14.2 Å². The number of ether oxygens (including phenoxy) is 3. The average molecular weight is 239 g/mol.